The average Bonchev–Trinajstić information content (AvgIpc) is 3.14. The Bertz CT molecular complexity index is 1160. The fourth-order valence-electron chi connectivity index (χ4n) is 4.15. The van der Waals surface area contributed by atoms with Crippen LogP contribution in [0.25, 0.3) is 11.0 Å². The van der Waals surface area contributed by atoms with Gasteiger partial charge in [-0.05, 0) is 43.2 Å². The van der Waals surface area contributed by atoms with Gasteiger partial charge in [-0.2, -0.15) is 0 Å². The Labute approximate surface area is 195 Å². The van der Waals surface area contributed by atoms with Gasteiger partial charge in [-0.25, -0.2) is 4.98 Å². The largest absolute Gasteiger partial charge is 0.465 e. The van der Waals surface area contributed by atoms with Gasteiger partial charge < -0.3 is 14.0 Å². The minimum Gasteiger partial charge on any atom is -0.465 e. The maximum absolute atomic E-state index is 13.7. The first-order valence-corrected chi connectivity index (χ1v) is 11.1. The van der Waals surface area contributed by atoms with Gasteiger partial charge in [0.15, 0.2) is 5.92 Å². The molecule has 2 heterocycles. The highest BCUT2D eigenvalue weighted by atomic mass is 35.5. The number of esters is 1. The van der Waals surface area contributed by atoms with Gasteiger partial charge in [0.05, 0.1) is 23.7 Å². The molecule has 0 saturated heterocycles. The highest BCUT2D eigenvalue weighted by Crippen LogP contribution is 2.43. The average molecular weight is 476 g/mol. The van der Waals surface area contributed by atoms with E-state index in [0.29, 0.717) is 46.6 Å². The summed E-state index contributed by atoms with van der Waals surface area (Å²) in [5, 5.41) is 0.826. The van der Waals surface area contributed by atoms with Gasteiger partial charge in [-0.1, -0.05) is 41.4 Å². The smallest absolute Gasteiger partial charge is 0.321 e. The lowest BCUT2D eigenvalue weighted by molar-refractivity contribution is -0.153. The predicted molar refractivity (Wildman–Crippen MR) is 123 cm³/mol. The van der Waals surface area contributed by atoms with E-state index in [-0.39, 0.29) is 12.5 Å². The Morgan fingerprint density at radius 2 is 1.97 bits per heavy atom. The number of amides is 1. The van der Waals surface area contributed by atoms with Crippen LogP contribution in [0.1, 0.15) is 24.9 Å². The number of carbonyl (C=O) groups excluding carboxylic acids is 2. The van der Waals surface area contributed by atoms with Crippen LogP contribution in [0.2, 0.25) is 10.0 Å². The van der Waals surface area contributed by atoms with E-state index >= 15 is 0 Å². The van der Waals surface area contributed by atoms with Crippen LogP contribution in [0.5, 0.6) is 0 Å². The zero-order chi connectivity index (χ0) is 22.8. The normalized spacial score (nSPS) is 18.1. The highest BCUT2D eigenvalue weighted by molar-refractivity contribution is 6.35. The molecule has 32 heavy (non-hydrogen) atoms. The third-order valence-electron chi connectivity index (χ3n) is 5.50. The molecule has 1 aliphatic heterocycles. The Morgan fingerprint density at radius 1 is 1.19 bits per heavy atom. The molecule has 168 valence electrons. The number of ether oxygens (including phenoxy) is 2. The molecule has 7 nitrogen and oxygen atoms in total. The van der Waals surface area contributed by atoms with Crippen molar-refractivity contribution < 1.29 is 19.1 Å². The molecule has 1 aliphatic rings. The summed E-state index contributed by atoms with van der Waals surface area (Å²) in [4.78, 5) is 33.1. The van der Waals surface area contributed by atoms with E-state index in [1.807, 2.05) is 28.8 Å². The number of halogens is 2. The molecule has 0 spiro atoms. The van der Waals surface area contributed by atoms with Crippen LogP contribution in [0.4, 0.5) is 5.95 Å². The number of methoxy groups -OCH3 is 1. The van der Waals surface area contributed by atoms with Crippen molar-refractivity contribution in [2.45, 2.75) is 19.4 Å². The van der Waals surface area contributed by atoms with Crippen LogP contribution < -0.4 is 4.90 Å². The van der Waals surface area contributed by atoms with Crippen LogP contribution in [0, 0.1) is 5.92 Å². The number of para-hydroxylation sites is 2. The molecule has 0 aliphatic carbocycles. The molecule has 0 unspecified atom stereocenters. The lowest BCUT2D eigenvalue weighted by Crippen LogP contribution is -2.50. The van der Waals surface area contributed by atoms with Crippen molar-refractivity contribution >= 4 is 52.1 Å². The minimum absolute atomic E-state index is 0.158. The number of anilines is 1. The van der Waals surface area contributed by atoms with E-state index in [0.717, 1.165) is 5.52 Å². The molecular weight excluding hydrogens is 453 g/mol. The lowest BCUT2D eigenvalue weighted by atomic mass is 9.89. The number of rotatable bonds is 7. The van der Waals surface area contributed by atoms with Gasteiger partial charge in [-0.15, -0.1) is 0 Å². The summed E-state index contributed by atoms with van der Waals surface area (Å²) in [5.74, 6) is -1.64. The fourth-order valence-corrected chi connectivity index (χ4v) is 4.67. The highest BCUT2D eigenvalue weighted by Gasteiger charge is 2.48. The van der Waals surface area contributed by atoms with Crippen LogP contribution >= 0.6 is 23.2 Å². The molecule has 2 atom stereocenters. The van der Waals surface area contributed by atoms with E-state index in [2.05, 4.69) is 0 Å². The fraction of sp³-hybridized carbons (Fsp3) is 0.348. The summed E-state index contributed by atoms with van der Waals surface area (Å²) >= 11 is 12.7. The van der Waals surface area contributed by atoms with Gasteiger partial charge >= 0.3 is 5.97 Å². The molecule has 9 heteroatoms. The Kier molecular flexibility index (Phi) is 6.69. The van der Waals surface area contributed by atoms with Gasteiger partial charge in [0.25, 0.3) is 0 Å². The van der Waals surface area contributed by atoms with Gasteiger partial charge in [0.2, 0.25) is 11.9 Å². The number of nitrogens with zero attached hydrogens (tertiary/aromatic N) is 3. The van der Waals surface area contributed by atoms with Crippen LogP contribution in [-0.2, 0) is 19.1 Å². The second-order valence-corrected chi connectivity index (χ2v) is 8.29. The van der Waals surface area contributed by atoms with E-state index in [1.54, 1.807) is 37.1 Å². The van der Waals surface area contributed by atoms with Crippen molar-refractivity contribution in [2.24, 2.45) is 5.92 Å². The first-order chi connectivity index (χ1) is 15.5. The summed E-state index contributed by atoms with van der Waals surface area (Å²) < 4.78 is 12.4. The van der Waals surface area contributed by atoms with Crippen LogP contribution in [-0.4, -0.2) is 48.3 Å². The van der Waals surface area contributed by atoms with Crippen molar-refractivity contribution in [1.82, 2.24) is 9.55 Å². The van der Waals surface area contributed by atoms with Crippen molar-refractivity contribution in [3.05, 3.63) is 58.1 Å². The summed E-state index contributed by atoms with van der Waals surface area (Å²) in [7, 11) is 1.60. The van der Waals surface area contributed by atoms with Crippen molar-refractivity contribution in [3.8, 4) is 0 Å². The minimum atomic E-state index is -1.12. The molecule has 0 N–H and O–H groups in total. The number of carbonyl (C=O) groups is 2. The Morgan fingerprint density at radius 3 is 2.69 bits per heavy atom. The number of hydrogen-bond donors (Lipinski definition) is 0. The summed E-state index contributed by atoms with van der Waals surface area (Å²) in [6, 6.07) is 11.9. The van der Waals surface area contributed by atoms with Crippen LogP contribution in [0.3, 0.4) is 0 Å². The molecule has 2 aromatic carbocycles. The molecule has 0 fully saturated rings. The molecule has 4 rings (SSSR count). The predicted octanol–water partition coefficient (Wildman–Crippen LogP) is 4.49. The topological polar surface area (TPSA) is 73.7 Å². The van der Waals surface area contributed by atoms with Gasteiger partial charge in [0.1, 0.15) is 0 Å². The molecule has 0 radical (unpaired) electrons. The third-order valence-corrected chi connectivity index (χ3v) is 6.06. The standard InChI is InChI=1S/C23H23Cl2N3O4/c1-3-32-22(30)19-20(15-10-9-14(24)13-16(15)25)28-18-8-5-4-7-17(18)26-23(28)27(21(19)29)11-6-12-31-2/h4-5,7-10,13,19-20H,3,6,11-12H2,1-2H3/t19-,20+/m0/s1. The van der Waals surface area contributed by atoms with E-state index in [1.165, 1.54) is 0 Å². The molecular formula is C23H23Cl2N3O4. The van der Waals surface area contributed by atoms with Crippen molar-refractivity contribution in [3.63, 3.8) is 0 Å². The van der Waals surface area contributed by atoms with Gasteiger partial charge in [0, 0.05) is 30.3 Å². The van der Waals surface area contributed by atoms with Crippen molar-refractivity contribution in [1.29, 1.82) is 0 Å². The second kappa shape index (κ2) is 9.48. The molecule has 1 aromatic heterocycles. The maximum atomic E-state index is 13.7. The number of imidazole rings is 1. The molecule has 0 saturated carbocycles. The third kappa shape index (κ3) is 3.96. The first kappa shape index (κ1) is 22.6. The second-order valence-electron chi connectivity index (χ2n) is 7.45. The number of benzene rings is 2. The zero-order valence-corrected chi connectivity index (χ0v) is 19.3. The number of hydrogen-bond acceptors (Lipinski definition) is 5. The number of fused-ring (bicyclic) bond motifs is 3. The Hall–Kier alpha value is -2.61. The maximum Gasteiger partial charge on any atom is 0.321 e. The quantitative estimate of drug-likeness (QED) is 0.285. The van der Waals surface area contributed by atoms with Crippen molar-refractivity contribution in [2.75, 3.05) is 31.8 Å². The summed E-state index contributed by atoms with van der Waals surface area (Å²) in [5.41, 5.74) is 2.10. The van der Waals surface area contributed by atoms with E-state index in [9.17, 15) is 9.59 Å². The Balaban J connectivity index is 1.97. The van der Waals surface area contributed by atoms with E-state index < -0.39 is 17.9 Å². The molecule has 0 bridgehead atoms. The number of aromatic nitrogens is 2. The molecule has 3 aromatic rings. The summed E-state index contributed by atoms with van der Waals surface area (Å²) in [6.45, 7) is 2.70. The monoisotopic (exact) mass is 475 g/mol. The van der Waals surface area contributed by atoms with Gasteiger partial charge in [-0.3, -0.25) is 14.5 Å². The summed E-state index contributed by atoms with van der Waals surface area (Å²) in [6.07, 6.45) is 0.591. The zero-order valence-electron chi connectivity index (χ0n) is 17.8. The molecule has 1 amide bonds. The van der Waals surface area contributed by atoms with E-state index in [4.69, 9.17) is 37.7 Å². The SMILES string of the molecule is CCOC(=O)[C@@H]1C(=O)N(CCCOC)c2nc3ccccc3n2[C@@H]1c1ccc(Cl)cc1Cl. The first-order valence-electron chi connectivity index (χ1n) is 10.4. The lowest BCUT2D eigenvalue weighted by Gasteiger charge is -2.38. The van der Waals surface area contributed by atoms with Crippen LogP contribution in [0.15, 0.2) is 42.5 Å².